The van der Waals surface area contributed by atoms with E-state index in [1.54, 1.807) is 19.3 Å². The molecular formula is C126H159NO22. The van der Waals surface area contributed by atoms with E-state index in [0.29, 0.717) is 97.8 Å². The molecule has 2 saturated heterocycles. The summed E-state index contributed by atoms with van der Waals surface area (Å²) in [4.78, 5) is 117. The number of aliphatic hydroxyl groups is 2. The van der Waals surface area contributed by atoms with E-state index in [4.69, 9.17) is 58.4 Å². The fourth-order valence-electron chi connectivity index (χ4n) is 17.9. The van der Waals surface area contributed by atoms with Crippen LogP contribution in [-0.4, -0.2) is 145 Å². The lowest BCUT2D eigenvalue weighted by molar-refractivity contribution is -0.172. The Balaban J connectivity index is 0.000000216. The Morgan fingerprint density at radius 2 is 0.517 bits per heavy atom. The van der Waals surface area contributed by atoms with Crippen LogP contribution in [0.1, 0.15) is 313 Å². The standard InChI is InChI=1S/C23H30O4.C22H28O4.C21H26O3.C20H24O3.C19H23NO3.C19H22O3.C2H6O2/c1-3-25-22(24)18(2)9-5-4-8-14-23(26-15-16-27-23)21-13-12-19-10-6-7-11-20(19)17-21;1-2-24-21(23)11-5-3-4-8-14-22(25-15-16-26-22)20-13-12-18-9-6-7-10-19(18)17-20;1-3-24-21(23)16(2)9-5-4-6-12-20(22)19-14-13-17-10-7-8-11-18(17)15-19;1-2-23-20(22)12-6-4-3-5-11-19(21)18-14-13-16-9-7-8-10-17(16)15-18;1-14(19(22)20-23)7-3-2-4-10-18(21)17-12-11-15-8-5-6-9-16(15)13-17;1-14(19(21)22)7-3-2-4-10-18(20)17-12-11-15-8-5-6-9-16(15)13-17;3-1-2-4/h6-7,10-13,17-18H,3-5,8-9,14-16H2,1-2H3;6-7,9-10,12-13,17H,2-5,8,11,14-16H2,1H3;7-8,10-11,13-16H,3-6,9,12H2,1-2H3;7-10,13-15H,2-6,11-12H2,1H3;5-6,8-9,11-14,23H,2-4,7,10H2,1H3,(H,20,22);5-6,8-9,11-14H,2-4,7,10H2,1H3,(H,21,22);3-4H,1-2H2. The van der Waals surface area contributed by atoms with Crippen molar-refractivity contribution in [2.45, 2.75) is 272 Å². The molecule has 0 saturated carbocycles. The van der Waals surface area contributed by atoms with Crippen LogP contribution in [0.4, 0.5) is 0 Å². The molecule has 0 bridgehead atoms. The van der Waals surface area contributed by atoms with E-state index < -0.39 is 17.5 Å². The molecule has 2 aliphatic heterocycles. The van der Waals surface area contributed by atoms with Gasteiger partial charge < -0.3 is 53.2 Å². The molecular weight excluding hydrogens is 1880 g/mol. The monoisotopic (exact) mass is 2040 g/mol. The number of amides is 1. The number of carbonyl (C=O) groups is 10. The van der Waals surface area contributed by atoms with Gasteiger partial charge in [-0.2, -0.15) is 0 Å². The fourth-order valence-corrected chi connectivity index (χ4v) is 17.9. The number of aliphatic hydroxyl groups excluding tert-OH is 2. The molecule has 1 amide bonds. The van der Waals surface area contributed by atoms with Crippen molar-refractivity contribution in [2.75, 3.05) is 66.1 Å². The number of hydroxylamine groups is 1. The summed E-state index contributed by atoms with van der Waals surface area (Å²) in [7, 11) is 0. The Kier molecular flexibility index (Phi) is 56.3. The smallest absolute Gasteiger partial charge is 0.308 e. The van der Waals surface area contributed by atoms with Crippen molar-refractivity contribution >= 4 is 124 Å². The first-order chi connectivity index (χ1) is 72.3. The number of esters is 4. The van der Waals surface area contributed by atoms with Gasteiger partial charge in [0.25, 0.3) is 0 Å². The van der Waals surface area contributed by atoms with Crippen molar-refractivity contribution in [2.24, 2.45) is 23.7 Å². The molecule has 4 atom stereocenters. The minimum atomic E-state index is -0.743. The van der Waals surface area contributed by atoms with Gasteiger partial charge in [0.05, 0.1) is 83.8 Å². The van der Waals surface area contributed by atoms with Crippen LogP contribution >= 0.6 is 0 Å². The molecule has 12 aromatic rings. The minimum Gasteiger partial charge on any atom is -0.481 e. The highest BCUT2D eigenvalue weighted by molar-refractivity contribution is 6.03. The predicted molar refractivity (Wildman–Crippen MR) is 591 cm³/mol. The number of rotatable bonds is 53. The Bertz CT molecular complexity index is 6090. The van der Waals surface area contributed by atoms with Crippen LogP contribution in [-0.2, 0) is 78.2 Å². The fraction of sp³-hybridized carbons (Fsp3) is 0.444. The number of hydrogen-bond donors (Lipinski definition) is 5. The third kappa shape index (κ3) is 43.1. The zero-order valence-corrected chi connectivity index (χ0v) is 88.9. The van der Waals surface area contributed by atoms with E-state index in [-0.39, 0.29) is 89.8 Å². The van der Waals surface area contributed by atoms with Gasteiger partial charge in [-0.1, -0.05) is 323 Å². The second-order valence-electron chi connectivity index (χ2n) is 38.2. The molecule has 12 aromatic carbocycles. The molecule has 2 heterocycles. The van der Waals surface area contributed by atoms with Gasteiger partial charge in [0.1, 0.15) is 0 Å². The van der Waals surface area contributed by atoms with Crippen molar-refractivity contribution in [3.63, 3.8) is 0 Å². The summed E-state index contributed by atoms with van der Waals surface area (Å²) in [5, 5.41) is 46.4. The zero-order chi connectivity index (χ0) is 107. The van der Waals surface area contributed by atoms with Gasteiger partial charge in [0, 0.05) is 90.7 Å². The minimum absolute atomic E-state index is 0.0293. The van der Waals surface area contributed by atoms with Crippen LogP contribution in [0.25, 0.3) is 64.6 Å². The molecule has 0 aliphatic carbocycles. The summed E-state index contributed by atoms with van der Waals surface area (Å²) in [5.41, 5.74) is 6.96. The first kappa shape index (κ1) is 122. The number of carboxylic acids is 1. The molecule has 0 radical (unpaired) electrons. The first-order valence-corrected chi connectivity index (χ1v) is 54.0. The van der Waals surface area contributed by atoms with Crippen molar-refractivity contribution in [3.05, 3.63) is 288 Å². The molecule has 149 heavy (non-hydrogen) atoms. The number of aliphatic carboxylic acids is 1. The van der Waals surface area contributed by atoms with Gasteiger partial charge >= 0.3 is 29.8 Å². The van der Waals surface area contributed by atoms with Gasteiger partial charge in [-0.15, -0.1) is 0 Å². The maximum atomic E-state index is 12.3. The third-order valence-electron chi connectivity index (χ3n) is 26.7. The lowest BCUT2D eigenvalue weighted by atomic mass is 9.95. The topological polar surface area (TPSA) is 337 Å². The van der Waals surface area contributed by atoms with Gasteiger partial charge in [0.2, 0.25) is 5.91 Å². The van der Waals surface area contributed by atoms with Crippen molar-refractivity contribution < 1.29 is 106 Å². The summed E-state index contributed by atoms with van der Waals surface area (Å²) < 4.78 is 44.2. The molecule has 800 valence electrons. The summed E-state index contributed by atoms with van der Waals surface area (Å²) in [6.07, 6.45) is 26.5. The number of carboxylic acid groups (broad SMARTS) is 1. The van der Waals surface area contributed by atoms with Crippen LogP contribution in [0.15, 0.2) is 255 Å². The highest BCUT2D eigenvalue weighted by Gasteiger charge is 2.40. The number of Topliss-reactive ketones (excluding diaryl/α,β-unsaturated/α-hetero) is 4. The average molecular weight is 2040 g/mol. The molecule has 23 nitrogen and oxygen atoms in total. The zero-order valence-electron chi connectivity index (χ0n) is 88.9. The van der Waals surface area contributed by atoms with Gasteiger partial charge in [-0.3, -0.25) is 53.2 Å². The SMILES string of the molecule is CC(CCCCCC(=O)c1ccc2ccccc2c1)C(=O)NO.CC(CCCCCC(=O)c1ccc2ccccc2c1)C(=O)O.CCOC(=O)C(C)CCCCCC(=O)c1ccc2ccccc2c1.CCOC(=O)C(C)CCCCCC1(c2ccc3ccccc3c2)OCCO1.CCOC(=O)CCCCCCC(=O)c1ccc2ccccc2c1.CCOC(=O)CCCCCCC1(c2ccc3ccccc3c2)OCCO1.OCCO. The summed E-state index contributed by atoms with van der Waals surface area (Å²) >= 11 is 0. The summed E-state index contributed by atoms with van der Waals surface area (Å²) in [6.45, 7) is 18.7. The van der Waals surface area contributed by atoms with Crippen LogP contribution < -0.4 is 5.48 Å². The van der Waals surface area contributed by atoms with Gasteiger partial charge in [0.15, 0.2) is 34.7 Å². The van der Waals surface area contributed by atoms with E-state index in [9.17, 15) is 47.9 Å². The van der Waals surface area contributed by atoms with E-state index in [2.05, 4.69) is 84.9 Å². The van der Waals surface area contributed by atoms with Crippen LogP contribution in [0.5, 0.6) is 0 Å². The Labute approximate surface area is 880 Å². The quantitative estimate of drug-likeness (QED) is 0.00590. The lowest BCUT2D eigenvalue weighted by Gasteiger charge is -2.28. The van der Waals surface area contributed by atoms with E-state index in [1.165, 1.54) is 21.5 Å². The summed E-state index contributed by atoms with van der Waals surface area (Å²) in [6, 6.07) is 85.1. The molecule has 14 rings (SSSR count). The van der Waals surface area contributed by atoms with Crippen molar-refractivity contribution in [1.82, 2.24) is 5.48 Å². The molecule has 5 N–H and O–H groups in total. The Hall–Kier alpha value is -12.6. The molecule has 2 aliphatic rings. The number of nitrogens with one attached hydrogen (secondary N) is 1. The van der Waals surface area contributed by atoms with E-state index in [1.807, 2.05) is 211 Å². The van der Waals surface area contributed by atoms with Crippen molar-refractivity contribution in [3.8, 4) is 0 Å². The van der Waals surface area contributed by atoms with E-state index >= 15 is 0 Å². The molecule has 2 fully saturated rings. The number of unbranched alkanes of at least 4 members (excludes halogenated alkanes) is 14. The van der Waals surface area contributed by atoms with Crippen LogP contribution in [0, 0.1) is 23.7 Å². The normalized spacial score (nSPS) is 13.4. The Morgan fingerprint density at radius 3 is 0.785 bits per heavy atom. The average Bonchev–Trinajstić information content (AvgIpc) is 1.70. The van der Waals surface area contributed by atoms with Crippen molar-refractivity contribution in [1.29, 1.82) is 0 Å². The largest absolute Gasteiger partial charge is 0.481 e. The highest BCUT2D eigenvalue weighted by atomic mass is 16.7. The highest BCUT2D eigenvalue weighted by Crippen LogP contribution is 2.41. The number of ether oxygens (including phenoxy) is 8. The Morgan fingerprint density at radius 1 is 0.282 bits per heavy atom. The number of ketones is 4. The predicted octanol–water partition coefficient (Wildman–Crippen LogP) is 28.0. The lowest BCUT2D eigenvalue weighted by Crippen LogP contribution is -2.27. The van der Waals surface area contributed by atoms with Gasteiger partial charge in [-0.05, 0) is 206 Å². The van der Waals surface area contributed by atoms with Crippen LogP contribution in [0.2, 0.25) is 0 Å². The third-order valence-corrected chi connectivity index (χ3v) is 26.7. The number of carbonyl (C=O) groups excluding carboxylic acids is 9. The second kappa shape index (κ2) is 68.9. The molecule has 0 aromatic heterocycles. The molecule has 23 heteroatoms. The number of fused-ring (bicyclic) bond motifs is 6. The maximum Gasteiger partial charge on any atom is 0.308 e. The molecule has 0 spiro atoms. The van der Waals surface area contributed by atoms with Crippen LogP contribution in [0.3, 0.4) is 0 Å². The van der Waals surface area contributed by atoms with Gasteiger partial charge in [-0.25, -0.2) is 5.48 Å². The van der Waals surface area contributed by atoms with E-state index in [0.717, 1.165) is 237 Å². The maximum absolute atomic E-state index is 12.3. The number of hydrogen-bond acceptors (Lipinski definition) is 21. The summed E-state index contributed by atoms with van der Waals surface area (Å²) in [5.74, 6) is -2.63. The second-order valence-corrected chi connectivity index (χ2v) is 38.2. The number of benzene rings is 12. The first-order valence-electron chi connectivity index (χ1n) is 54.0. The molecule has 4 unspecified atom stereocenters.